The van der Waals surface area contributed by atoms with Crippen LogP contribution in [0, 0.1) is 11.3 Å². The first kappa shape index (κ1) is 35.9. The largest absolute Gasteiger partial charge is 0.489 e. The number of sulfonamides is 1. The molecule has 248 valence electrons. The minimum absolute atomic E-state index is 0.0101. The first-order valence-electron chi connectivity index (χ1n) is 15.0. The Morgan fingerprint density at radius 1 is 1.04 bits per heavy atom. The van der Waals surface area contributed by atoms with Gasteiger partial charge in [0.2, 0.25) is 10.0 Å². The average Bonchev–Trinajstić information content (AvgIpc) is 2.99. The molecule has 2 aromatic rings. The molecule has 1 saturated heterocycles. The van der Waals surface area contributed by atoms with E-state index in [0.29, 0.717) is 37.1 Å². The third-order valence-electron chi connectivity index (χ3n) is 6.67. The van der Waals surface area contributed by atoms with Gasteiger partial charge in [-0.05, 0) is 70.5 Å². The Kier molecular flexibility index (Phi) is 12.6. The molecule has 0 aromatic heterocycles. The summed E-state index contributed by atoms with van der Waals surface area (Å²) in [7, 11) is -4.27. The van der Waals surface area contributed by atoms with Crippen molar-refractivity contribution in [2.24, 2.45) is 0 Å². The number of ether oxygens (including phenoxy) is 4. The fourth-order valence-electron chi connectivity index (χ4n) is 4.61. The van der Waals surface area contributed by atoms with E-state index in [-0.39, 0.29) is 42.9 Å². The van der Waals surface area contributed by atoms with Crippen LogP contribution in [0.5, 0.6) is 5.75 Å². The molecule has 3 rings (SSSR count). The van der Waals surface area contributed by atoms with Crippen LogP contribution in [0.2, 0.25) is 0 Å². The van der Waals surface area contributed by atoms with E-state index in [4.69, 9.17) is 18.9 Å². The zero-order chi connectivity index (χ0) is 33.9. The van der Waals surface area contributed by atoms with Crippen LogP contribution < -0.4 is 9.04 Å². The number of nitrogens with zero attached hydrogens (tertiary/aromatic N) is 3. The van der Waals surface area contributed by atoms with E-state index in [1.54, 1.807) is 75.9 Å². The van der Waals surface area contributed by atoms with Gasteiger partial charge in [-0.3, -0.25) is 9.10 Å². The van der Waals surface area contributed by atoms with Gasteiger partial charge in [0, 0.05) is 25.9 Å². The van der Waals surface area contributed by atoms with Gasteiger partial charge < -0.3 is 23.8 Å². The van der Waals surface area contributed by atoms with E-state index in [9.17, 15) is 28.1 Å². The summed E-state index contributed by atoms with van der Waals surface area (Å²) in [5.41, 5.74) is 0.622. The first-order valence-corrected chi connectivity index (χ1v) is 16.7. The van der Waals surface area contributed by atoms with Crippen LogP contribution in [0.3, 0.4) is 0 Å². The number of anilines is 1. The van der Waals surface area contributed by atoms with Crippen LogP contribution in [0.25, 0.3) is 6.08 Å². The number of carbonyl (C=O) groups excluding carboxylic acids is 3. The van der Waals surface area contributed by atoms with E-state index < -0.39 is 39.4 Å². The van der Waals surface area contributed by atoms with Crippen molar-refractivity contribution < 1.29 is 41.7 Å². The highest BCUT2D eigenvalue weighted by Gasteiger charge is 2.30. The fourth-order valence-corrected chi connectivity index (χ4v) is 5.90. The van der Waals surface area contributed by atoms with Crippen LogP contribution >= 0.6 is 0 Å². The van der Waals surface area contributed by atoms with E-state index in [2.05, 4.69) is 6.07 Å². The standard InChI is InChI=1S/C33H41N3O9S/c1-6-42-30(37)23-46(40,41)36(17-9-12-24-10-8-11-25(20-24)22-34)26-13-14-29(28(21-26)31(38)43-7-2)44-27-15-18-35(19-16-27)32(39)45-33(3,4)5/h8-14,20-21,27H,6-7,15-19,23H2,1-5H3. The molecule has 12 nitrogen and oxygen atoms in total. The van der Waals surface area contributed by atoms with Crippen molar-refractivity contribution in [1.82, 2.24) is 4.90 Å². The number of nitriles is 1. The number of likely N-dealkylation sites (tertiary alicyclic amines) is 1. The lowest BCUT2D eigenvalue weighted by molar-refractivity contribution is -0.139. The van der Waals surface area contributed by atoms with Gasteiger partial charge in [0.05, 0.1) is 37.1 Å². The van der Waals surface area contributed by atoms with Gasteiger partial charge in [0.15, 0.2) is 5.75 Å². The van der Waals surface area contributed by atoms with Crippen molar-refractivity contribution in [2.75, 3.05) is 42.9 Å². The third-order valence-corrected chi connectivity index (χ3v) is 8.30. The number of benzene rings is 2. The molecular weight excluding hydrogens is 614 g/mol. The molecule has 13 heteroatoms. The Labute approximate surface area is 270 Å². The second kappa shape index (κ2) is 16.1. The monoisotopic (exact) mass is 655 g/mol. The highest BCUT2D eigenvalue weighted by molar-refractivity contribution is 7.93. The predicted octanol–water partition coefficient (Wildman–Crippen LogP) is 4.93. The van der Waals surface area contributed by atoms with Crippen molar-refractivity contribution in [3.8, 4) is 11.8 Å². The molecule has 0 aliphatic carbocycles. The summed E-state index contributed by atoms with van der Waals surface area (Å²) < 4.78 is 49.8. The maximum atomic E-state index is 13.5. The summed E-state index contributed by atoms with van der Waals surface area (Å²) in [6.07, 6.45) is 3.47. The summed E-state index contributed by atoms with van der Waals surface area (Å²) in [6, 6.07) is 13.2. The molecule has 0 bridgehead atoms. The van der Waals surface area contributed by atoms with Crippen LogP contribution in [0.1, 0.15) is 68.9 Å². The molecule has 1 aliphatic rings. The fraction of sp³-hybridized carbons (Fsp3) is 0.455. The van der Waals surface area contributed by atoms with Gasteiger partial charge in [-0.15, -0.1) is 0 Å². The summed E-state index contributed by atoms with van der Waals surface area (Å²) in [4.78, 5) is 39.4. The summed E-state index contributed by atoms with van der Waals surface area (Å²) >= 11 is 0. The molecule has 1 aliphatic heterocycles. The minimum Gasteiger partial charge on any atom is -0.489 e. The lowest BCUT2D eigenvalue weighted by atomic mass is 10.1. The molecular formula is C33H41N3O9S. The van der Waals surface area contributed by atoms with Crippen molar-refractivity contribution in [3.63, 3.8) is 0 Å². The van der Waals surface area contributed by atoms with Gasteiger partial charge >= 0.3 is 18.0 Å². The molecule has 0 unspecified atom stereocenters. The maximum Gasteiger partial charge on any atom is 0.410 e. The SMILES string of the molecule is CCOC(=O)CS(=O)(=O)N(CC=Cc1cccc(C#N)c1)c1ccc(OC2CCN(C(=O)OC(C)(C)C)CC2)c(C(=O)OCC)c1. The number of piperidine rings is 1. The van der Waals surface area contributed by atoms with E-state index in [1.807, 2.05) is 0 Å². The number of rotatable bonds is 12. The Hall–Kier alpha value is -4.57. The normalized spacial score (nSPS) is 14.0. The summed E-state index contributed by atoms with van der Waals surface area (Å²) in [5.74, 6) is -2.34. The Bertz CT molecular complexity index is 1570. The molecule has 0 spiro atoms. The Morgan fingerprint density at radius 3 is 2.37 bits per heavy atom. The number of hydrogen-bond acceptors (Lipinski definition) is 10. The van der Waals surface area contributed by atoms with Crippen molar-refractivity contribution in [2.45, 2.75) is 59.2 Å². The van der Waals surface area contributed by atoms with Gasteiger partial charge in [0.25, 0.3) is 0 Å². The lowest BCUT2D eigenvalue weighted by Gasteiger charge is -2.33. The minimum atomic E-state index is -4.27. The number of esters is 2. The molecule has 1 heterocycles. The number of carbonyl (C=O) groups is 3. The average molecular weight is 656 g/mol. The third kappa shape index (κ3) is 10.5. The van der Waals surface area contributed by atoms with E-state index >= 15 is 0 Å². The van der Waals surface area contributed by atoms with Crippen molar-refractivity contribution in [3.05, 3.63) is 65.2 Å². The quantitative estimate of drug-likeness (QED) is 0.227. The van der Waals surface area contributed by atoms with Gasteiger partial charge in [-0.1, -0.05) is 24.3 Å². The van der Waals surface area contributed by atoms with E-state index in [0.717, 1.165) is 4.31 Å². The number of amides is 1. The van der Waals surface area contributed by atoms with E-state index in [1.165, 1.54) is 18.2 Å². The topological polar surface area (TPSA) is 153 Å². The lowest BCUT2D eigenvalue weighted by Crippen LogP contribution is -2.44. The summed E-state index contributed by atoms with van der Waals surface area (Å²) in [5, 5.41) is 9.19. The number of hydrogen-bond donors (Lipinski definition) is 0. The molecule has 0 radical (unpaired) electrons. The predicted molar refractivity (Wildman–Crippen MR) is 172 cm³/mol. The van der Waals surface area contributed by atoms with Crippen LogP contribution in [-0.4, -0.2) is 81.7 Å². The van der Waals surface area contributed by atoms with Gasteiger partial charge in [-0.25, -0.2) is 18.0 Å². The van der Waals surface area contributed by atoms with Gasteiger partial charge in [-0.2, -0.15) is 5.26 Å². The molecule has 0 saturated carbocycles. The maximum absolute atomic E-state index is 13.5. The Morgan fingerprint density at radius 2 is 1.74 bits per heavy atom. The van der Waals surface area contributed by atoms with Gasteiger partial charge in [0.1, 0.15) is 23.0 Å². The van der Waals surface area contributed by atoms with Crippen LogP contribution in [0.4, 0.5) is 10.5 Å². The molecule has 0 atom stereocenters. The zero-order valence-electron chi connectivity index (χ0n) is 26.9. The van der Waals surface area contributed by atoms with Crippen LogP contribution in [-0.2, 0) is 29.0 Å². The van der Waals surface area contributed by atoms with Crippen LogP contribution in [0.15, 0.2) is 48.5 Å². The second-order valence-electron chi connectivity index (χ2n) is 11.4. The van der Waals surface area contributed by atoms with Crippen molar-refractivity contribution >= 4 is 39.8 Å². The zero-order valence-corrected chi connectivity index (χ0v) is 27.7. The molecule has 0 N–H and O–H groups in total. The van der Waals surface area contributed by atoms with Crippen molar-refractivity contribution in [1.29, 1.82) is 5.26 Å². The second-order valence-corrected chi connectivity index (χ2v) is 13.3. The Balaban J connectivity index is 1.90. The molecule has 46 heavy (non-hydrogen) atoms. The highest BCUT2D eigenvalue weighted by atomic mass is 32.2. The molecule has 2 aromatic carbocycles. The summed E-state index contributed by atoms with van der Waals surface area (Å²) in [6.45, 7) is 9.32. The smallest absolute Gasteiger partial charge is 0.410 e. The first-order chi connectivity index (χ1) is 21.8. The molecule has 1 amide bonds. The molecule has 1 fully saturated rings. The highest BCUT2D eigenvalue weighted by Crippen LogP contribution is 2.30.